The van der Waals surface area contributed by atoms with E-state index in [1.54, 1.807) is 18.2 Å². The highest BCUT2D eigenvalue weighted by molar-refractivity contribution is 7.86. The van der Waals surface area contributed by atoms with Crippen LogP contribution in [0.2, 0.25) is 0 Å². The van der Waals surface area contributed by atoms with Gasteiger partial charge in [-0.25, -0.2) is 0 Å². The summed E-state index contributed by atoms with van der Waals surface area (Å²) in [7, 11) is -2.24. The number of rotatable bonds is 10. The van der Waals surface area contributed by atoms with Gasteiger partial charge in [-0.1, -0.05) is 56.3 Å². The average molecular weight is 490 g/mol. The third kappa shape index (κ3) is 5.78. The van der Waals surface area contributed by atoms with E-state index in [1.807, 2.05) is 50.2 Å². The summed E-state index contributed by atoms with van der Waals surface area (Å²) in [5.74, 6) is 0.371. The Morgan fingerprint density at radius 3 is 2.32 bits per heavy atom. The summed E-state index contributed by atoms with van der Waals surface area (Å²) in [5, 5.41) is 12.7. The molecule has 1 amide bonds. The van der Waals surface area contributed by atoms with E-state index in [4.69, 9.17) is 4.74 Å². The maximum atomic E-state index is 13.1. The number of benzene rings is 2. The molecule has 9 heteroatoms. The predicted octanol–water partition coefficient (Wildman–Crippen LogP) is 2.61. The van der Waals surface area contributed by atoms with Crippen LogP contribution in [0.15, 0.2) is 54.6 Å². The van der Waals surface area contributed by atoms with Crippen molar-refractivity contribution in [2.24, 2.45) is 5.92 Å². The van der Waals surface area contributed by atoms with Gasteiger partial charge in [0.25, 0.3) is 16.1 Å². The van der Waals surface area contributed by atoms with Gasteiger partial charge in [0.1, 0.15) is 12.5 Å². The molecule has 1 aliphatic heterocycles. The Kier molecular flexibility index (Phi) is 8.70. The van der Waals surface area contributed by atoms with Crippen molar-refractivity contribution < 1.29 is 23.1 Å². The third-order valence-corrected chi connectivity index (χ3v) is 8.32. The van der Waals surface area contributed by atoms with Crippen LogP contribution in [0.5, 0.6) is 5.75 Å². The van der Waals surface area contributed by atoms with Crippen molar-refractivity contribution >= 4 is 16.1 Å². The monoisotopic (exact) mass is 489 g/mol. The Morgan fingerprint density at radius 2 is 1.74 bits per heavy atom. The van der Waals surface area contributed by atoms with E-state index in [0.717, 1.165) is 9.87 Å². The number of aliphatic hydroxyl groups excluding tert-OH is 1. The summed E-state index contributed by atoms with van der Waals surface area (Å²) in [6.07, 6.45) is 1.09. The molecule has 2 N–H and O–H groups in total. The minimum absolute atomic E-state index is 0.0975. The quantitative estimate of drug-likeness (QED) is 0.500. The zero-order valence-electron chi connectivity index (χ0n) is 20.1. The van der Waals surface area contributed by atoms with Crippen molar-refractivity contribution in [2.75, 3.05) is 40.0 Å². The first-order valence-corrected chi connectivity index (χ1v) is 13.0. The SMILES string of the molecule is COc1ccccc1C(=O)NCC1(c2ccccc2)CCN(S(=O)(=O)N(CO)CC(C)C)CC1. The molecule has 0 unspecified atom stereocenters. The van der Waals surface area contributed by atoms with Crippen LogP contribution in [-0.2, 0) is 15.6 Å². The van der Waals surface area contributed by atoms with Crippen LogP contribution >= 0.6 is 0 Å². The van der Waals surface area contributed by atoms with Gasteiger partial charge in [0.05, 0.1) is 12.7 Å². The molecule has 1 saturated heterocycles. The summed E-state index contributed by atoms with van der Waals surface area (Å²) >= 11 is 0. The summed E-state index contributed by atoms with van der Waals surface area (Å²) < 4.78 is 34.1. The number of nitrogens with zero attached hydrogens (tertiary/aromatic N) is 2. The molecule has 186 valence electrons. The molecule has 1 fully saturated rings. The Morgan fingerprint density at radius 1 is 1.12 bits per heavy atom. The van der Waals surface area contributed by atoms with Crippen LogP contribution < -0.4 is 10.1 Å². The molecule has 0 atom stereocenters. The third-order valence-electron chi connectivity index (χ3n) is 6.38. The number of piperidine rings is 1. The lowest BCUT2D eigenvalue weighted by molar-refractivity contribution is 0.0927. The van der Waals surface area contributed by atoms with Gasteiger partial charge in [0, 0.05) is 31.6 Å². The van der Waals surface area contributed by atoms with Gasteiger partial charge in [-0.15, -0.1) is 0 Å². The van der Waals surface area contributed by atoms with E-state index >= 15 is 0 Å². The maximum Gasteiger partial charge on any atom is 0.283 e. The molecule has 0 bridgehead atoms. The van der Waals surface area contributed by atoms with Gasteiger partial charge in [0.2, 0.25) is 0 Å². The molecule has 0 aromatic heterocycles. The summed E-state index contributed by atoms with van der Waals surface area (Å²) in [4.78, 5) is 13.0. The smallest absolute Gasteiger partial charge is 0.283 e. The van der Waals surface area contributed by atoms with Crippen molar-refractivity contribution in [3.05, 3.63) is 65.7 Å². The van der Waals surface area contributed by atoms with Gasteiger partial charge in [-0.3, -0.25) is 4.79 Å². The second-order valence-electron chi connectivity index (χ2n) is 9.11. The van der Waals surface area contributed by atoms with Crippen molar-refractivity contribution in [2.45, 2.75) is 32.1 Å². The van der Waals surface area contributed by atoms with Crippen LogP contribution in [0.25, 0.3) is 0 Å². The van der Waals surface area contributed by atoms with Crippen molar-refractivity contribution in [1.29, 1.82) is 0 Å². The van der Waals surface area contributed by atoms with E-state index in [1.165, 1.54) is 11.4 Å². The first-order valence-electron chi connectivity index (χ1n) is 11.6. The van der Waals surface area contributed by atoms with Gasteiger partial charge in [0.15, 0.2) is 0 Å². The lowest BCUT2D eigenvalue weighted by atomic mass is 9.73. The van der Waals surface area contributed by atoms with E-state index < -0.39 is 22.4 Å². The number of para-hydroxylation sites is 1. The maximum absolute atomic E-state index is 13.1. The summed E-state index contributed by atoms with van der Waals surface area (Å²) in [6.45, 7) is 4.52. The number of ether oxygens (including phenoxy) is 1. The van der Waals surface area contributed by atoms with Gasteiger partial charge in [-0.05, 0) is 36.5 Å². The van der Waals surface area contributed by atoms with Crippen molar-refractivity contribution in [1.82, 2.24) is 13.9 Å². The predicted molar refractivity (Wildman–Crippen MR) is 132 cm³/mol. The van der Waals surface area contributed by atoms with Crippen molar-refractivity contribution in [3.63, 3.8) is 0 Å². The Labute approximate surface area is 202 Å². The molecule has 0 spiro atoms. The highest BCUT2D eigenvalue weighted by atomic mass is 32.2. The van der Waals surface area contributed by atoms with Gasteiger partial charge < -0.3 is 15.2 Å². The second-order valence-corrected chi connectivity index (χ2v) is 11.0. The molecule has 3 rings (SSSR count). The highest BCUT2D eigenvalue weighted by Gasteiger charge is 2.41. The van der Waals surface area contributed by atoms with Crippen molar-refractivity contribution in [3.8, 4) is 5.75 Å². The van der Waals surface area contributed by atoms with E-state index in [9.17, 15) is 18.3 Å². The van der Waals surface area contributed by atoms with Gasteiger partial charge >= 0.3 is 0 Å². The number of aliphatic hydroxyl groups is 1. The number of methoxy groups -OCH3 is 1. The van der Waals surface area contributed by atoms with Crippen LogP contribution in [0.3, 0.4) is 0 Å². The number of carbonyl (C=O) groups excluding carboxylic acids is 1. The number of hydrogen-bond donors (Lipinski definition) is 2. The number of nitrogens with one attached hydrogen (secondary N) is 1. The Balaban J connectivity index is 1.79. The van der Waals surface area contributed by atoms with E-state index in [-0.39, 0.29) is 18.4 Å². The molecule has 2 aromatic rings. The average Bonchev–Trinajstić information content (AvgIpc) is 2.86. The Bertz CT molecular complexity index is 1050. The number of amides is 1. The molecule has 8 nitrogen and oxygen atoms in total. The zero-order chi connectivity index (χ0) is 24.8. The molecule has 1 aliphatic rings. The molecular formula is C25H35N3O5S. The Hall–Kier alpha value is -2.46. The van der Waals surface area contributed by atoms with E-state index in [2.05, 4.69) is 5.32 Å². The van der Waals surface area contributed by atoms with Crippen LogP contribution in [0.4, 0.5) is 0 Å². The van der Waals surface area contributed by atoms with E-state index in [0.29, 0.717) is 43.8 Å². The minimum atomic E-state index is -3.77. The molecule has 34 heavy (non-hydrogen) atoms. The molecule has 0 saturated carbocycles. The summed E-state index contributed by atoms with van der Waals surface area (Å²) in [5.41, 5.74) is 1.11. The fraction of sp³-hybridized carbons (Fsp3) is 0.480. The standard InChI is InChI=1S/C25H35N3O5S/c1-20(2)17-28(19-29)34(31,32)27-15-13-25(14-16-27,21-9-5-4-6-10-21)18-26-24(30)22-11-7-8-12-23(22)33-3/h4-12,20,29H,13-19H2,1-3H3,(H,26,30). The van der Waals surface area contributed by atoms with Crippen LogP contribution in [0.1, 0.15) is 42.6 Å². The first kappa shape index (κ1) is 26.2. The molecule has 0 aliphatic carbocycles. The molecule has 2 aromatic carbocycles. The number of carbonyl (C=O) groups is 1. The largest absolute Gasteiger partial charge is 0.496 e. The first-order chi connectivity index (χ1) is 16.2. The molecule has 0 radical (unpaired) electrons. The zero-order valence-corrected chi connectivity index (χ0v) is 20.9. The van der Waals surface area contributed by atoms with Crippen LogP contribution in [-0.4, -0.2) is 68.1 Å². The minimum Gasteiger partial charge on any atom is -0.496 e. The topological polar surface area (TPSA) is 99.2 Å². The lowest BCUT2D eigenvalue weighted by Gasteiger charge is -2.43. The summed E-state index contributed by atoms with van der Waals surface area (Å²) in [6, 6.07) is 17.0. The normalized spacial score (nSPS) is 16.5. The lowest BCUT2D eigenvalue weighted by Crippen LogP contribution is -2.53. The highest BCUT2D eigenvalue weighted by Crippen LogP contribution is 2.36. The van der Waals surface area contributed by atoms with Gasteiger partial charge in [-0.2, -0.15) is 17.0 Å². The molecule has 1 heterocycles. The fourth-order valence-corrected chi connectivity index (χ4v) is 6.08. The second kappa shape index (κ2) is 11.3. The fourth-order valence-electron chi connectivity index (χ4n) is 4.48. The molecular weight excluding hydrogens is 454 g/mol. The van der Waals surface area contributed by atoms with Crippen LogP contribution in [0, 0.1) is 5.92 Å². The number of hydrogen-bond acceptors (Lipinski definition) is 5.